The molecule has 0 amide bonds. The molecule has 1 atom stereocenters. The number of halogens is 3. The van der Waals surface area contributed by atoms with E-state index in [9.17, 15) is 5.11 Å². The largest absolute Gasteiger partial charge is 0.454 e. The van der Waals surface area contributed by atoms with Crippen molar-refractivity contribution >= 4 is 34.8 Å². The van der Waals surface area contributed by atoms with E-state index in [1.165, 1.54) is 0 Å². The molecule has 0 aromatic heterocycles. The van der Waals surface area contributed by atoms with Crippen molar-refractivity contribution in [3.8, 4) is 11.5 Å². The predicted molar refractivity (Wildman–Crippen MR) is 78.1 cm³/mol. The third kappa shape index (κ3) is 2.31. The molecule has 1 aliphatic rings. The summed E-state index contributed by atoms with van der Waals surface area (Å²) in [5.41, 5.74) is 1.07. The number of rotatable bonds is 2. The summed E-state index contributed by atoms with van der Waals surface area (Å²) in [7, 11) is 0. The van der Waals surface area contributed by atoms with Gasteiger partial charge in [-0.1, -0.05) is 46.9 Å². The molecule has 3 rings (SSSR count). The molecule has 0 fully saturated rings. The first-order valence-electron chi connectivity index (χ1n) is 5.79. The molecule has 0 radical (unpaired) electrons. The zero-order valence-electron chi connectivity index (χ0n) is 10.1. The van der Waals surface area contributed by atoms with E-state index in [-0.39, 0.29) is 6.79 Å². The number of benzene rings is 2. The Morgan fingerprint density at radius 1 is 1.05 bits per heavy atom. The molecule has 1 aliphatic heterocycles. The van der Waals surface area contributed by atoms with Crippen molar-refractivity contribution in [1.29, 1.82) is 0 Å². The lowest BCUT2D eigenvalue weighted by atomic mass is 10.0. The standard InChI is InChI=1S/C14H9Cl3O3/c15-9-3-1-2-8(12(9)17)13(18)7-4-10(16)14-11(5-7)19-6-20-14/h1-5,13,18H,6H2. The molecule has 0 aliphatic carbocycles. The lowest BCUT2D eigenvalue weighted by Gasteiger charge is -2.15. The van der Waals surface area contributed by atoms with E-state index in [0.29, 0.717) is 37.7 Å². The van der Waals surface area contributed by atoms with Crippen molar-refractivity contribution in [2.24, 2.45) is 0 Å². The quantitative estimate of drug-likeness (QED) is 0.883. The van der Waals surface area contributed by atoms with Gasteiger partial charge in [0.2, 0.25) is 6.79 Å². The SMILES string of the molecule is OC(c1cc(Cl)c2c(c1)OCO2)c1cccc(Cl)c1Cl. The van der Waals surface area contributed by atoms with Gasteiger partial charge in [0.15, 0.2) is 11.5 Å². The summed E-state index contributed by atoms with van der Waals surface area (Å²) in [6, 6.07) is 8.39. The van der Waals surface area contributed by atoms with Crippen molar-refractivity contribution in [2.75, 3.05) is 6.79 Å². The Morgan fingerprint density at radius 2 is 1.85 bits per heavy atom. The number of aliphatic hydroxyl groups is 1. The highest BCUT2D eigenvalue weighted by Crippen LogP contribution is 2.43. The Bertz CT molecular complexity index is 673. The average Bonchev–Trinajstić information content (AvgIpc) is 2.90. The summed E-state index contributed by atoms with van der Waals surface area (Å²) >= 11 is 18.2. The normalized spacial score (nSPS) is 14.4. The van der Waals surface area contributed by atoms with Gasteiger partial charge in [0.05, 0.1) is 15.1 Å². The van der Waals surface area contributed by atoms with Crippen molar-refractivity contribution < 1.29 is 14.6 Å². The van der Waals surface area contributed by atoms with Gasteiger partial charge < -0.3 is 14.6 Å². The van der Waals surface area contributed by atoms with Gasteiger partial charge >= 0.3 is 0 Å². The molecule has 20 heavy (non-hydrogen) atoms. The van der Waals surface area contributed by atoms with Crippen LogP contribution in [0.15, 0.2) is 30.3 Å². The molecule has 1 heterocycles. The minimum Gasteiger partial charge on any atom is -0.454 e. The maximum atomic E-state index is 10.5. The minimum absolute atomic E-state index is 0.118. The summed E-state index contributed by atoms with van der Waals surface area (Å²) in [5.74, 6) is 0.990. The van der Waals surface area contributed by atoms with Crippen LogP contribution in [0.2, 0.25) is 15.1 Å². The van der Waals surface area contributed by atoms with Crippen LogP contribution in [0, 0.1) is 0 Å². The van der Waals surface area contributed by atoms with Crippen LogP contribution in [0.4, 0.5) is 0 Å². The smallest absolute Gasteiger partial charge is 0.231 e. The summed E-state index contributed by atoms with van der Waals surface area (Å²) in [5, 5.41) is 11.5. The third-order valence-electron chi connectivity index (χ3n) is 3.04. The number of aliphatic hydroxyl groups excluding tert-OH is 1. The van der Waals surface area contributed by atoms with E-state index >= 15 is 0 Å². The predicted octanol–water partition coefficient (Wildman–Crippen LogP) is 4.46. The van der Waals surface area contributed by atoms with Crippen molar-refractivity contribution in [3.05, 3.63) is 56.5 Å². The molecule has 3 nitrogen and oxygen atoms in total. The molecule has 0 saturated heterocycles. The van der Waals surface area contributed by atoms with Gasteiger partial charge in [0, 0.05) is 5.56 Å². The summed E-state index contributed by atoms with van der Waals surface area (Å²) in [6.45, 7) is 0.118. The van der Waals surface area contributed by atoms with Gasteiger partial charge in [-0.15, -0.1) is 0 Å². The van der Waals surface area contributed by atoms with Gasteiger partial charge in [0.25, 0.3) is 0 Å². The Morgan fingerprint density at radius 3 is 2.65 bits per heavy atom. The Labute approximate surface area is 130 Å². The number of hydrogen-bond donors (Lipinski definition) is 1. The second-order valence-electron chi connectivity index (χ2n) is 4.28. The Balaban J connectivity index is 2.05. The fraction of sp³-hybridized carbons (Fsp3) is 0.143. The number of ether oxygens (including phenoxy) is 2. The van der Waals surface area contributed by atoms with Crippen LogP contribution < -0.4 is 9.47 Å². The van der Waals surface area contributed by atoms with Crippen LogP contribution >= 0.6 is 34.8 Å². The molecular formula is C14H9Cl3O3. The van der Waals surface area contributed by atoms with Crippen molar-refractivity contribution in [1.82, 2.24) is 0 Å². The molecule has 2 aromatic rings. The van der Waals surface area contributed by atoms with Crippen LogP contribution in [-0.2, 0) is 0 Å². The summed E-state index contributed by atoms with van der Waals surface area (Å²) in [6.07, 6.45) is -0.951. The molecule has 0 spiro atoms. The maximum Gasteiger partial charge on any atom is 0.231 e. The van der Waals surface area contributed by atoms with Gasteiger partial charge in [-0.25, -0.2) is 0 Å². The fourth-order valence-electron chi connectivity index (χ4n) is 2.06. The second-order valence-corrected chi connectivity index (χ2v) is 5.47. The van der Waals surface area contributed by atoms with E-state index in [4.69, 9.17) is 44.3 Å². The highest BCUT2D eigenvalue weighted by Gasteiger charge is 2.23. The van der Waals surface area contributed by atoms with E-state index in [2.05, 4.69) is 0 Å². The molecule has 1 N–H and O–H groups in total. The second kappa shape index (κ2) is 5.34. The molecule has 6 heteroatoms. The molecular weight excluding hydrogens is 323 g/mol. The van der Waals surface area contributed by atoms with Gasteiger partial charge in [-0.3, -0.25) is 0 Å². The molecule has 0 saturated carbocycles. The van der Waals surface area contributed by atoms with Crippen LogP contribution in [0.3, 0.4) is 0 Å². The Hall–Kier alpha value is -1.13. The van der Waals surface area contributed by atoms with Gasteiger partial charge in [-0.05, 0) is 23.8 Å². The zero-order valence-corrected chi connectivity index (χ0v) is 12.3. The average molecular weight is 332 g/mol. The summed E-state index contributed by atoms with van der Waals surface area (Å²) in [4.78, 5) is 0. The van der Waals surface area contributed by atoms with Crippen molar-refractivity contribution in [2.45, 2.75) is 6.10 Å². The molecule has 104 valence electrons. The lowest BCUT2D eigenvalue weighted by molar-refractivity contribution is 0.173. The van der Waals surface area contributed by atoms with Crippen LogP contribution in [0.1, 0.15) is 17.2 Å². The van der Waals surface area contributed by atoms with Crippen LogP contribution in [0.25, 0.3) is 0 Å². The third-order valence-corrected chi connectivity index (χ3v) is 4.16. The van der Waals surface area contributed by atoms with E-state index < -0.39 is 6.10 Å². The summed E-state index contributed by atoms with van der Waals surface area (Å²) < 4.78 is 10.5. The minimum atomic E-state index is -0.951. The first-order valence-corrected chi connectivity index (χ1v) is 6.92. The molecule has 0 bridgehead atoms. The zero-order chi connectivity index (χ0) is 14.3. The van der Waals surface area contributed by atoms with Crippen LogP contribution in [-0.4, -0.2) is 11.9 Å². The fourth-order valence-corrected chi connectivity index (χ4v) is 2.74. The first kappa shape index (κ1) is 13.8. The highest BCUT2D eigenvalue weighted by atomic mass is 35.5. The van der Waals surface area contributed by atoms with E-state index in [1.807, 2.05) is 0 Å². The van der Waals surface area contributed by atoms with Gasteiger partial charge in [-0.2, -0.15) is 0 Å². The Kier molecular flexibility index (Phi) is 3.69. The number of fused-ring (bicyclic) bond motifs is 1. The monoisotopic (exact) mass is 330 g/mol. The number of hydrogen-bond acceptors (Lipinski definition) is 3. The van der Waals surface area contributed by atoms with E-state index in [1.54, 1.807) is 30.3 Å². The lowest BCUT2D eigenvalue weighted by Crippen LogP contribution is -2.01. The first-order chi connectivity index (χ1) is 9.58. The highest BCUT2D eigenvalue weighted by molar-refractivity contribution is 6.42. The van der Waals surface area contributed by atoms with Crippen LogP contribution in [0.5, 0.6) is 11.5 Å². The molecule has 1 unspecified atom stereocenters. The topological polar surface area (TPSA) is 38.7 Å². The van der Waals surface area contributed by atoms with Gasteiger partial charge in [0.1, 0.15) is 6.10 Å². The molecule has 2 aromatic carbocycles. The van der Waals surface area contributed by atoms with Crippen molar-refractivity contribution in [3.63, 3.8) is 0 Å². The maximum absolute atomic E-state index is 10.5. The van der Waals surface area contributed by atoms with E-state index in [0.717, 1.165) is 0 Å².